The molecule has 3 heterocycles. The second-order valence-corrected chi connectivity index (χ2v) is 8.19. The van der Waals surface area contributed by atoms with E-state index < -0.39 is 0 Å². The second kappa shape index (κ2) is 8.65. The number of carbonyl (C=O) groups is 2. The SMILES string of the molecule is CCc1c(C(C)=O)cc(-c2ccnc(NC(=O)c3ccc(-c4ccccc4)s3)n2)n1C. The second-order valence-electron chi connectivity index (χ2n) is 7.11. The number of hydrogen-bond acceptors (Lipinski definition) is 5. The Morgan fingerprint density at radius 1 is 1.10 bits per heavy atom. The summed E-state index contributed by atoms with van der Waals surface area (Å²) in [5, 5.41) is 2.78. The monoisotopic (exact) mass is 430 g/mol. The van der Waals surface area contributed by atoms with E-state index in [1.807, 2.05) is 61.0 Å². The van der Waals surface area contributed by atoms with Crippen LogP contribution in [0.2, 0.25) is 0 Å². The molecule has 0 bridgehead atoms. The summed E-state index contributed by atoms with van der Waals surface area (Å²) in [6.07, 6.45) is 2.34. The average Bonchev–Trinajstić information content (AvgIpc) is 3.39. The van der Waals surface area contributed by atoms with Crippen LogP contribution in [0.25, 0.3) is 21.8 Å². The van der Waals surface area contributed by atoms with Gasteiger partial charge in [0.25, 0.3) is 5.91 Å². The molecule has 4 aromatic rings. The number of rotatable bonds is 6. The Morgan fingerprint density at radius 3 is 2.55 bits per heavy atom. The number of anilines is 1. The summed E-state index contributed by atoms with van der Waals surface area (Å²) in [5.74, 6) is -0.0103. The smallest absolute Gasteiger partial charge is 0.268 e. The van der Waals surface area contributed by atoms with Crippen LogP contribution in [0.5, 0.6) is 0 Å². The maximum absolute atomic E-state index is 12.7. The summed E-state index contributed by atoms with van der Waals surface area (Å²) in [4.78, 5) is 35.0. The van der Waals surface area contributed by atoms with Crippen molar-refractivity contribution in [2.75, 3.05) is 5.32 Å². The molecule has 0 atom stereocenters. The number of ketones is 1. The molecule has 6 nitrogen and oxygen atoms in total. The maximum Gasteiger partial charge on any atom is 0.268 e. The van der Waals surface area contributed by atoms with E-state index in [0.29, 0.717) is 16.1 Å². The molecule has 0 saturated heterocycles. The topological polar surface area (TPSA) is 76.9 Å². The first-order valence-corrected chi connectivity index (χ1v) is 10.8. The highest BCUT2D eigenvalue weighted by atomic mass is 32.1. The lowest BCUT2D eigenvalue weighted by atomic mass is 10.1. The van der Waals surface area contributed by atoms with Gasteiger partial charge in [-0.1, -0.05) is 37.3 Å². The Kier molecular flexibility index (Phi) is 5.77. The van der Waals surface area contributed by atoms with Crippen LogP contribution >= 0.6 is 11.3 Å². The fraction of sp³-hybridized carbons (Fsp3) is 0.167. The molecule has 0 aliphatic heterocycles. The van der Waals surface area contributed by atoms with E-state index >= 15 is 0 Å². The Balaban J connectivity index is 1.58. The first-order chi connectivity index (χ1) is 15.0. The van der Waals surface area contributed by atoms with Gasteiger partial charge in [-0.15, -0.1) is 11.3 Å². The summed E-state index contributed by atoms with van der Waals surface area (Å²) in [6, 6.07) is 17.3. The van der Waals surface area contributed by atoms with Gasteiger partial charge in [0.05, 0.1) is 16.3 Å². The van der Waals surface area contributed by atoms with Crippen molar-refractivity contribution in [3.8, 4) is 21.8 Å². The van der Waals surface area contributed by atoms with Crippen molar-refractivity contribution in [1.82, 2.24) is 14.5 Å². The van der Waals surface area contributed by atoms with Crippen LogP contribution in [0.1, 0.15) is 39.6 Å². The molecule has 1 amide bonds. The van der Waals surface area contributed by atoms with Gasteiger partial charge >= 0.3 is 0 Å². The van der Waals surface area contributed by atoms with Crippen molar-refractivity contribution in [2.45, 2.75) is 20.3 Å². The third-order valence-corrected chi connectivity index (χ3v) is 6.24. The molecule has 31 heavy (non-hydrogen) atoms. The number of benzene rings is 1. The van der Waals surface area contributed by atoms with E-state index in [1.54, 1.807) is 25.3 Å². The molecule has 0 aliphatic carbocycles. The van der Waals surface area contributed by atoms with Gasteiger partial charge in [0.1, 0.15) is 0 Å². The van der Waals surface area contributed by atoms with E-state index in [-0.39, 0.29) is 17.6 Å². The molecule has 1 aromatic carbocycles. The van der Waals surface area contributed by atoms with Crippen molar-refractivity contribution < 1.29 is 9.59 Å². The molecular weight excluding hydrogens is 408 g/mol. The summed E-state index contributed by atoms with van der Waals surface area (Å²) < 4.78 is 1.97. The lowest BCUT2D eigenvalue weighted by Crippen LogP contribution is -2.13. The highest BCUT2D eigenvalue weighted by Gasteiger charge is 2.18. The van der Waals surface area contributed by atoms with E-state index in [2.05, 4.69) is 15.3 Å². The molecule has 7 heteroatoms. The fourth-order valence-corrected chi connectivity index (χ4v) is 4.47. The summed E-state index contributed by atoms with van der Waals surface area (Å²) in [5.41, 5.74) is 4.17. The van der Waals surface area contributed by atoms with Crippen molar-refractivity contribution in [2.24, 2.45) is 7.05 Å². The third kappa shape index (κ3) is 4.18. The molecule has 0 saturated carbocycles. The molecule has 0 aliphatic rings. The molecular formula is C24H22N4O2S. The van der Waals surface area contributed by atoms with E-state index in [1.165, 1.54) is 11.3 Å². The average molecular weight is 431 g/mol. The summed E-state index contributed by atoms with van der Waals surface area (Å²) in [6.45, 7) is 3.58. The standard InChI is InChI=1S/C24H22N4O2S/c1-4-19-17(15(2)29)14-20(28(19)3)18-12-13-25-24(26-18)27-23(30)22-11-10-21(31-22)16-8-6-5-7-9-16/h5-14H,4H2,1-3H3,(H,25,26,27,30). The van der Waals surface area contributed by atoms with Gasteiger partial charge in [-0.25, -0.2) is 9.97 Å². The highest BCUT2D eigenvalue weighted by Crippen LogP contribution is 2.29. The van der Waals surface area contributed by atoms with Gasteiger partial charge in [-0.05, 0) is 43.2 Å². The minimum Gasteiger partial charge on any atom is -0.346 e. The van der Waals surface area contributed by atoms with Crippen LogP contribution in [-0.2, 0) is 13.5 Å². The van der Waals surface area contributed by atoms with Crippen molar-refractivity contribution in [1.29, 1.82) is 0 Å². The normalized spacial score (nSPS) is 10.8. The molecule has 156 valence electrons. The van der Waals surface area contributed by atoms with Crippen LogP contribution in [-0.4, -0.2) is 26.2 Å². The number of aromatic nitrogens is 3. The molecule has 4 rings (SSSR count). The summed E-state index contributed by atoms with van der Waals surface area (Å²) in [7, 11) is 1.91. The maximum atomic E-state index is 12.7. The third-order valence-electron chi connectivity index (χ3n) is 5.10. The van der Waals surface area contributed by atoms with Gasteiger partial charge in [0, 0.05) is 29.4 Å². The van der Waals surface area contributed by atoms with Crippen molar-refractivity contribution >= 4 is 29.0 Å². The zero-order chi connectivity index (χ0) is 22.0. The summed E-state index contributed by atoms with van der Waals surface area (Å²) >= 11 is 1.42. The minimum absolute atomic E-state index is 0.0215. The Labute approximate surface area is 184 Å². The van der Waals surface area contributed by atoms with Crippen LogP contribution in [0.3, 0.4) is 0 Å². The zero-order valence-electron chi connectivity index (χ0n) is 17.5. The van der Waals surface area contributed by atoms with Crippen LogP contribution in [0.15, 0.2) is 60.8 Å². The van der Waals surface area contributed by atoms with Gasteiger partial charge < -0.3 is 4.57 Å². The molecule has 0 spiro atoms. The first-order valence-electron chi connectivity index (χ1n) is 9.97. The Bertz CT molecular complexity index is 1260. The predicted octanol–water partition coefficient (Wildman–Crippen LogP) is 5.23. The molecule has 0 fully saturated rings. The molecule has 0 unspecified atom stereocenters. The van der Waals surface area contributed by atoms with Crippen LogP contribution in [0.4, 0.5) is 5.95 Å². The van der Waals surface area contributed by atoms with E-state index in [0.717, 1.165) is 28.2 Å². The van der Waals surface area contributed by atoms with Crippen LogP contribution in [0, 0.1) is 0 Å². The molecule has 3 aromatic heterocycles. The molecule has 1 N–H and O–H groups in total. The number of amides is 1. The fourth-order valence-electron chi connectivity index (χ4n) is 3.56. The number of Topliss-reactive ketones (excluding diaryl/α,β-unsaturated/α-hetero) is 1. The Hall–Kier alpha value is -3.58. The minimum atomic E-state index is -0.255. The number of nitrogens with one attached hydrogen (secondary N) is 1. The quantitative estimate of drug-likeness (QED) is 0.425. The van der Waals surface area contributed by atoms with Gasteiger partial charge in [0.15, 0.2) is 5.78 Å². The number of thiophene rings is 1. The largest absolute Gasteiger partial charge is 0.346 e. The number of hydrogen-bond donors (Lipinski definition) is 1. The van der Waals surface area contributed by atoms with Crippen molar-refractivity contribution in [3.63, 3.8) is 0 Å². The Morgan fingerprint density at radius 2 is 1.87 bits per heavy atom. The van der Waals surface area contributed by atoms with Gasteiger partial charge in [0.2, 0.25) is 5.95 Å². The zero-order valence-corrected chi connectivity index (χ0v) is 18.4. The van der Waals surface area contributed by atoms with Gasteiger partial charge in [-0.3, -0.25) is 14.9 Å². The molecule has 0 radical (unpaired) electrons. The number of carbonyl (C=O) groups excluding carboxylic acids is 2. The predicted molar refractivity (Wildman–Crippen MR) is 124 cm³/mol. The van der Waals surface area contributed by atoms with E-state index in [4.69, 9.17) is 0 Å². The lowest BCUT2D eigenvalue weighted by Gasteiger charge is -2.08. The van der Waals surface area contributed by atoms with E-state index in [9.17, 15) is 9.59 Å². The van der Waals surface area contributed by atoms with Crippen LogP contribution < -0.4 is 5.32 Å². The van der Waals surface area contributed by atoms with Gasteiger partial charge in [-0.2, -0.15) is 0 Å². The number of nitrogens with zero attached hydrogens (tertiary/aromatic N) is 3. The first kappa shape index (κ1) is 20.7. The lowest BCUT2D eigenvalue weighted by molar-refractivity contribution is 0.101. The highest BCUT2D eigenvalue weighted by molar-refractivity contribution is 7.17. The van der Waals surface area contributed by atoms with Crippen molar-refractivity contribution in [3.05, 3.63) is 76.9 Å².